The minimum atomic E-state index is -2.36. The first kappa shape index (κ1) is 46.2. The fourth-order valence-corrected chi connectivity index (χ4v) is 13.1. The van der Waals surface area contributed by atoms with Gasteiger partial charge in [0.05, 0.1) is 54.8 Å². The minimum absolute atomic E-state index is 0.0218. The third kappa shape index (κ3) is 7.22. The van der Waals surface area contributed by atoms with Gasteiger partial charge < -0.3 is 60.4 Å². The van der Waals surface area contributed by atoms with Crippen molar-refractivity contribution in [3.63, 3.8) is 0 Å². The van der Waals surface area contributed by atoms with Crippen molar-refractivity contribution in [2.24, 2.45) is 22.7 Å². The number of fused-ring (bicyclic) bond motifs is 8. The number of ether oxygens (including phenoxy) is 3. The van der Waals surface area contributed by atoms with Gasteiger partial charge in [-0.05, 0) is 104 Å². The van der Waals surface area contributed by atoms with E-state index in [2.05, 4.69) is 12.2 Å². The molecule has 1 aliphatic heterocycles. The number of benzene rings is 3. The molecule has 0 spiro atoms. The van der Waals surface area contributed by atoms with Gasteiger partial charge in [-0.3, -0.25) is 19.2 Å². The van der Waals surface area contributed by atoms with Gasteiger partial charge in [0.1, 0.15) is 41.3 Å². The Kier molecular flexibility index (Phi) is 11.9. The number of phenolic OH excluding ortho intramolecular Hbond substituents is 3. The lowest BCUT2D eigenvalue weighted by Crippen LogP contribution is -2.55. The van der Waals surface area contributed by atoms with Gasteiger partial charge in [-0.15, -0.1) is 0 Å². The summed E-state index contributed by atoms with van der Waals surface area (Å²) < 4.78 is 17.7. The molecule has 354 valence electrons. The summed E-state index contributed by atoms with van der Waals surface area (Å²) in [6.45, 7) is 2.37. The number of hydrogen-bond donors (Lipinski definition) is 9. The number of aliphatic hydroxyl groups excluding tert-OH is 4. The van der Waals surface area contributed by atoms with Crippen molar-refractivity contribution in [2.75, 3.05) is 20.3 Å². The van der Waals surface area contributed by atoms with Crippen LogP contribution in [0.3, 0.4) is 0 Å². The molecule has 6 aliphatic rings. The van der Waals surface area contributed by atoms with Crippen molar-refractivity contribution in [3.05, 3.63) is 80.9 Å². The van der Waals surface area contributed by atoms with Crippen molar-refractivity contribution < 1.29 is 74.2 Å². The lowest BCUT2D eigenvalue weighted by Gasteiger charge is -2.50. The van der Waals surface area contributed by atoms with E-state index in [1.807, 2.05) is 12.1 Å². The second-order valence-electron chi connectivity index (χ2n) is 20.0. The SMILES string of the molecule is COc1cccc2c1C(=O)c1c(O)c3c(c(O)c1C2=O)C[C@@](O)(C(=O)CO)C[C@@H]3O[C@H]1C[C@H](NC(=O)CCC[C@]2(CO)C[C@H]3[C@@H]4CCc5cc(O)ccc5[C@H]4CC[C@]3(C)[C@H]2O)[C@H](O)[C@H](C)O1. The molecule has 5 aliphatic carbocycles. The van der Waals surface area contributed by atoms with E-state index in [0.717, 1.165) is 25.7 Å². The number of amides is 1. The highest BCUT2D eigenvalue weighted by Gasteiger charge is 2.63. The third-order valence-electron chi connectivity index (χ3n) is 16.5. The second-order valence-corrected chi connectivity index (χ2v) is 20.0. The van der Waals surface area contributed by atoms with Gasteiger partial charge in [-0.25, -0.2) is 0 Å². The predicted octanol–water partition coefficient (Wildman–Crippen LogP) is 3.54. The second kappa shape index (κ2) is 17.0. The molecule has 16 nitrogen and oxygen atoms in total. The van der Waals surface area contributed by atoms with Crippen LogP contribution in [-0.2, 0) is 31.9 Å². The molecule has 3 fully saturated rings. The molecule has 0 unspecified atom stereocenters. The Bertz CT molecular complexity index is 2490. The monoisotopic (exact) mass is 913 g/mol. The fourth-order valence-electron chi connectivity index (χ4n) is 13.1. The number of phenols is 3. The van der Waals surface area contributed by atoms with Gasteiger partial charge in [0.15, 0.2) is 17.9 Å². The number of aliphatic hydroxyl groups is 5. The van der Waals surface area contributed by atoms with E-state index in [1.165, 1.54) is 36.4 Å². The van der Waals surface area contributed by atoms with Crippen LogP contribution in [0.5, 0.6) is 23.0 Å². The molecule has 0 radical (unpaired) electrons. The van der Waals surface area contributed by atoms with Crippen LogP contribution in [0.1, 0.15) is 138 Å². The predicted molar refractivity (Wildman–Crippen MR) is 233 cm³/mol. The number of carbonyl (C=O) groups is 4. The first-order valence-electron chi connectivity index (χ1n) is 23.0. The van der Waals surface area contributed by atoms with Crippen LogP contribution in [0.2, 0.25) is 0 Å². The van der Waals surface area contributed by atoms with Crippen LogP contribution in [0.25, 0.3) is 0 Å². The van der Waals surface area contributed by atoms with Crippen molar-refractivity contribution in [3.8, 4) is 23.0 Å². The summed E-state index contributed by atoms with van der Waals surface area (Å²) in [5.41, 5.74) is -2.85. The number of hydrogen-bond acceptors (Lipinski definition) is 15. The first-order valence-corrected chi connectivity index (χ1v) is 23.0. The molecular formula is C50H59NO15. The first-order chi connectivity index (χ1) is 31.4. The van der Waals surface area contributed by atoms with Gasteiger partial charge in [0.2, 0.25) is 11.7 Å². The number of methoxy groups -OCH3 is 1. The number of carbonyl (C=O) groups excluding carboxylic acids is 4. The van der Waals surface area contributed by atoms with Crippen molar-refractivity contribution in [1.82, 2.24) is 5.32 Å². The molecule has 0 aromatic heterocycles. The molecule has 66 heavy (non-hydrogen) atoms. The zero-order chi connectivity index (χ0) is 47.2. The molecule has 2 saturated carbocycles. The summed E-state index contributed by atoms with van der Waals surface area (Å²) in [4.78, 5) is 54.7. The maximum Gasteiger partial charge on any atom is 0.220 e. The van der Waals surface area contributed by atoms with Crippen molar-refractivity contribution >= 4 is 23.3 Å². The van der Waals surface area contributed by atoms with E-state index in [-0.39, 0.29) is 59.1 Å². The maximum absolute atomic E-state index is 14.1. The van der Waals surface area contributed by atoms with Crippen LogP contribution in [-0.4, -0.2) is 121 Å². The molecule has 9 rings (SSSR count). The summed E-state index contributed by atoms with van der Waals surface area (Å²) in [6, 6.07) is 9.02. The number of nitrogens with one attached hydrogen (secondary N) is 1. The molecule has 16 heteroatoms. The van der Waals surface area contributed by atoms with Crippen LogP contribution in [0, 0.1) is 22.7 Å². The molecule has 9 N–H and O–H groups in total. The topological polar surface area (TPSA) is 270 Å². The zero-order valence-corrected chi connectivity index (χ0v) is 37.3. The van der Waals surface area contributed by atoms with Gasteiger partial charge in [0, 0.05) is 47.8 Å². The summed E-state index contributed by atoms with van der Waals surface area (Å²) in [6.07, 6.45) is -2.17. The van der Waals surface area contributed by atoms with Crippen LogP contribution in [0.4, 0.5) is 0 Å². The smallest absolute Gasteiger partial charge is 0.220 e. The number of aromatic hydroxyl groups is 3. The Morgan fingerprint density at radius 2 is 1.73 bits per heavy atom. The molecule has 1 saturated heterocycles. The zero-order valence-electron chi connectivity index (χ0n) is 37.3. The molecule has 3 aromatic rings. The van der Waals surface area contributed by atoms with Crippen LogP contribution in [0.15, 0.2) is 36.4 Å². The van der Waals surface area contributed by atoms with E-state index in [4.69, 9.17) is 14.2 Å². The van der Waals surface area contributed by atoms with Gasteiger partial charge in [-0.1, -0.05) is 25.1 Å². The Morgan fingerprint density at radius 1 is 0.970 bits per heavy atom. The van der Waals surface area contributed by atoms with Crippen LogP contribution >= 0.6 is 0 Å². The molecule has 3 aromatic carbocycles. The highest BCUT2D eigenvalue weighted by atomic mass is 16.7. The summed E-state index contributed by atoms with van der Waals surface area (Å²) in [5, 5.41) is 92.3. The van der Waals surface area contributed by atoms with Crippen LogP contribution < -0.4 is 10.1 Å². The summed E-state index contributed by atoms with van der Waals surface area (Å²) in [5.74, 6) is -3.43. The third-order valence-corrected chi connectivity index (χ3v) is 16.5. The highest BCUT2D eigenvalue weighted by molar-refractivity contribution is 6.31. The van der Waals surface area contributed by atoms with Gasteiger partial charge in [0.25, 0.3) is 0 Å². The maximum atomic E-state index is 14.1. The van der Waals surface area contributed by atoms with E-state index >= 15 is 0 Å². The fraction of sp³-hybridized carbons (Fsp3) is 0.560. The number of Topliss-reactive ketones (excluding diaryl/α,β-unsaturated/α-hetero) is 1. The average Bonchev–Trinajstić information content (AvgIpc) is 3.52. The van der Waals surface area contributed by atoms with E-state index in [1.54, 1.807) is 13.0 Å². The normalized spacial score (nSPS) is 34.3. The van der Waals surface area contributed by atoms with E-state index < -0.39 is 119 Å². The van der Waals surface area contributed by atoms with Gasteiger partial charge >= 0.3 is 0 Å². The molecule has 12 atom stereocenters. The molecule has 0 bridgehead atoms. The summed E-state index contributed by atoms with van der Waals surface area (Å²) >= 11 is 0. The Labute approximate surface area is 381 Å². The highest BCUT2D eigenvalue weighted by Crippen LogP contribution is 2.66. The van der Waals surface area contributed by atoms with E-state index in [0.29, 0.717) is 31.1 Å². The standard InChI is InChI=1S/C50H59NO15/c1-23-42(57)32(51-36(56)8-5-14-49(22-53)19-31-28-11-9-24-16-25(54)10-12-26(24)27(28)13-15-48(31,2)47(49)62)17-37(65-23)66-34-20-50(63,35(55)21-52)18-30-39(34)46(61)41-40(44(30)59)43(58)29-6-4-7-33(64-3)38(29)45(41)60/h4,6-7,10,12,16,23,27-28,31-32,34,37,42,47,52-54,57,59,61-63H,5,8-9,11,13-15,17-22H2,1-3H3,(H,51,56)/t23-,27+,28+,31-,32-,34-,37-,42+,47+,48-,49+,50-/m0/s1. The lowest BCUT2D eigenvalue weighted by atomic mass is 9.55. The van der Waals surface area contributed by atoms with Crippen molar-refractivity contribution in [2.45, 2.75) is 133 Å². The quantitative estimate of drug-likeness (QED) is 0.0975. The largest absolute Gasteiger partial charge is 0.508 e. The molecule has 1 amide bonds. The minimum Gasteiger partial charge on any atom is -0.508 e. The van der Waals surface area contributed by atoms with Crippen molar-refractivity contribution in [1.29, 1.82) is 0 Å². The Balaban J connectivity index is 0.909. The van der Waals surface area contributed by atoms with E-state index in [9.17, 15) is 60.0 Å². The molecular weight excluding hydrogens is 855 g/mol. The Morgan fingerprint density at radius 3 is 2.45 bits per heavy atom. The number of ketones is 3. The lowest BCUT2D eigenvalue weighted by molar-refractivity contribution is -0.249. The molecule has 1 heterocycles. The average molecular weight is 914 g/mol. The Hall–Kier alpha value is -4.94. The number of rotatable bonds is 11. The summed E-state index contributed by atoms with van der Waals surface area (Å²) in [7, 11) is 1.31. The number of aryl methyl sites for hydroxylation is 1. The van der Waals surface area contributed by atoms with Gasteiger partial charge in [-0.2, -0.15) is 0 Å².